The average Bonchev–Trinajstić information content (AvgIpc) is 2.82. The number of aromatic nitrogens is 2. The number of aromatic amines is 1. The Labute approximate surface area is 107 Å². The molecule has 1 aliphatic rings. The molecule has 0 aliphatic heterocycles. The minimum Gasteiger partial charge on any atom is -0.342 e. The number of allylic oxidation sites excluding steroid dienone is 3. The van der Waals surface area contributed by atoms with Crippen LogP contribution >= 0.6 is 0 Å². The zero-order valence-corrected chi connectivity index (χ0v) is 10.5. The van der Waals surface area contributed by atoms with Crippen molar-refractivity contribution >= 4 is 11.0 Å². The number of fused-ring (bicyclic) bond motifs is 1. The molecule has 0 unspecified atom stereocenters. The first-order valence-electron chi connectivity index (χ1n) is 6.42. The van der Waals surface area contributed by atoms with Gasteiger partial charge in [0.25, 0.3) is 0 Å². The molecule has 2 heteroatoms. The number of H-pyrrole nitrogens is 1. The summed E-state index contributed by atoms with van der Waals surface area (Å²) in [4.78, 5) is 7.88. The molecule has 0 amide bonds. The Morgan fingerprint density at radius 2 is 2.33 bits per heavy atom. The van der Waals surface area contributed by atoms with Crippen molar-refractivity contribution in [2.45, 2.75) is 26.2 Å². The topological polar surface area (TPSA) is 28.7 Å². The van der Waals surface area contributed by atoms with Gasteiger partial charge in [0.2, 0.25) is 0 Å². The van der Waals surface area contributed by atoms with E-state index in [2.05, 4.69) is 59.1 Å². The lowest BCUT2D eigenvalue weighted by Crippen LogP contribution is -1.89. The Hall–Kier alpha value is -2.05. The maximum absolute atomic E-state index is 4.52. The van der Waals surface area contributed by atoms with Crippen LogP contribution in [0, 0.1) is 0 Å². The van der Waals surface area contributed by atoms with Crippen LogP contribution in [0.2, 0.25) is 0 Å². The lowest BCUT2D eigenvalue weighted by molar-refractivity contribution is 1.00. The monoisotopic (exact) mass is 236 g/mol. The second kappa shape index (κ2) is 4.67. The fourth-order valence-corrected chi connectivity index (χ4v) is 2.25. The molecule has 1 heterocycles. The van der Waals surface area contributed by atoms with Crippen molar-refractivity contribution in [1.29, 1.82) is 0 Å². The van der Waals surface area contributed by atoms with Gasteiger partial charge in [0.1, 0.15) is 5.82 Å². The van der Waals surface area contributed by atoms with Crippen molar-refractivity contribution < 1.29 is 0 Å². The number of imidazole rings is 1. The van der Waals surface area contributed by atoms with Gasteiger partial charge < -0.3 is 4.98 Å². The summed E-state index contributed by atoms with van der Waals surface area (Å²) in [5, 5.41) is 0. The number of aryl methyl sites for hydroxylation is 1. The third-order valence-electron chi connectivity index (χ3n) is 3.22. The Kier molecular flexibility index (Phi) is 2.87. The first-order chi connectivity index (χ1) is 8.85. The third-order valence-corrected chi connectivity index (χ3v) is 3.22. The number of nitrogens with zero attached hydrogens (tertiary/aromatic N) is 1. The largest absolute Gasteiger partial charge is 0.342 e. The summed E-state index contributed by atoms with van der Waals surface area (Å²) in [6.07, 6.45) is 9.29. The second-order valence-corrected chi connectivity index (χ2v) is 4.60. The lowest BCUT2D eigenvalue weighted by Gasteiger charge is -2.04. The Balaban J connectivity index is 1.90. The van der Waals surface area contributed by atoms with Gasteiger partial charge in [-0.15, -0.1) is 5.73 Å². The van der Waals surface area contributed by atoms with Gasteiger partial charge in [0.15, 0.2) is 0 Å². The van der Waals surface area contributed by atoms with E-state index < -0.39 is 0 Å². The summed E-state index contributed by atoms with van der Waals surface area (Å²) < 4.78 is 0. The summed E-state index contributed by atoms with van der Waals surface area (Å²) in [5.41, 5.74) is 8.02. The van der Waals surface area contributed by atoms with Crippen LogP contribution in [0.4, 0.5) is 0 Å². The zero-order valence-electron chi connectivity index (χ0n) is 10.5. The molecule has 0 saturated heterocycles. The highest BCUT2D eigenvalue weighted by molar-refractivity contribution is 5.76. The predicted molar refractivity (Wildman–Crippen MR) is 74.5 cm³/mol. The molecule has 90 valence electrons. The van der Waals surface area contributed by atoms with Crippen LogP contribution in [0.5, 0.6) is 0 Å². The fourth-order valence-electron chi connectivity index (χ4n) is 2.25. The van der Waals surface area contributed by atoms with Crippen LogP contribution in [0.15, 0.2) is 47.7 Å². The number of benzene rings is 1. The van der Waals surface area contributed by atoms with Gasteiger partial charge in [-0.3, -0.25) is 0 Å². The maximum atomic E-state index is 4.52. The Morgan fingerprint density at radius 3 is 3.11 bits per heavy atom. The molecule has 1 aliphatic carbocycles. The summed E-state index contributed by atoms with van der Waals surface area (Å²) in [6.45, 7) is 2.11. The van der Waals surface area contributed by atoms with Crippen molar-refractivity contribution in [3.05, 3.63) is 59.1 Å². The third kappa shape index (κ3) is 2.15. The van der Waals surface area contributed by atoms with Gasteiger partial charge in [-0.2, -0.15) is 0 Å². The lowest BCUT2D eigenvalue weighted by atomic mass is 10.0. The minimum absolute atomic E-state index is 0.947. The molecule has 2 aromatic rings. The Bertz CT molecular complexity index is 667. The molecule has 18 heavy (non-hydrogen) atoms. The van der Waals surface area contributed by atoms with Crippen molar-refractivity contribution in [3.63, 3.8) is 0 Å². The van der Waals surface area contributed by atoms with Gasteiger partial charge >= 0.3 is 0 Å². The molecule has 1 aromatic heterocycles. The van der Waals surface area contributed by atoms with E-state index in [0.29, 0.717) is 0 Å². The van der Waals surface area contributed by atoms with E-state index in [4.69, 9.17) is 0 Å². The highest BCUT2D eigenvalue weighted by Gasteiger charge is 2.04. The van der Waals surface area contributed by atoms with Gasteiger partial charge in [-0.1, -0.05) is 19.1 Å². The molecular formula is C16H16N2. The van der Waals surface area contributed by atoms with Gasteiger partial charge in [0.05, 0.1) is 11.0 Å². The van der Waals surface area contributed by atoms with E-state index >= 15 is 0 Å². The number of hydrogen-bond donors (Lipinski definition) is 1. The highest BCUT2D eigenvalue weighted by atomic mass is 14.9. The van der Waals surface area contributed by atoms with E-state index in [1.807, 2.05) is 0 Å². The number of rotatable bonds is 3. The molecule has 0 bridgehead atoms. The van der Waals surface area contributed by atoms with E-state index in [-0.39, 0.29) is 0 Å². The molecule has 1 N–H and O–H groups in total. The first-order valence-corrected chi connectivity index (χ1v) is 6.42. The van der Waals surface area contributed by atoms with Crippen LogP contribution in [-0.2, 0) is 12.8 Å². The smallest absolute Gasteiger partial charge is 0.106 e. The summed E-state index contributed by atoms with van der Waals surface area (Å²) >= 11 is 0. The normalized spacial score (nSPS) is 14.2. The van der Waals surface area contributed by atoms with Crippen molar-refractivity contribution in [2.24, 2.45) is 0 Å². The summed E-state index contributed by atoms with van der Waals surface area (Å²) in [5.74, 6) is 1.06. The highest BCUT2D eigenvalue weighted by Crippen LogP contribution is 2.18. The average molecular weight is 236 g/mol. The summed E-state index contributed by atoms with van der Waals surface area (Å²) in [7, 11) is 0. The van der Waals surface area contributed by atoms with Crippen molar-refractivity contribution in [3.8, 4) is 0 Å². The van der Waals surface area contributed by atoms with Crippen LogP contribution in [0.1, 0.15) is 24.7 Å². The van der Waals surface area contributed by atoms with Gasteiger partial charge in [-0.05, 0) is 48.3 Å². The fraction of sp³-hybridized carbons (Fsp3) is 0.250. The number of nitrogens with one attached hydrogen (secondary N) is 1. The van der Waals surface area contributed by atoms with E-state index in [0.717, 1.165) is 36.1 Å². The molecule has 0 saturated carbocycles. The SMILES string of the molecule is CCc1nc2ccc(CC3=CCC=C=C3)cc2[nH]1. The standard InChI is InChI=1S/C16H16N2/c1-2-16-17-14-9-8-13(11-15(14)18-16)10-12-6-4-3-5-7-12/h3,6-9,11H,2,4,10H2,1H3,(H,17,18). The van der Waals surface area contributed by atoms with E-state index in [1.165, 1.54) is 11.1 Å². The predicted octanol–water partition coefficient (Wildman–Crippen LogP) is 3.71. The molecule has 0 radical (unpaired) electrons. The zero-order chi connectivity index (χ0) is 12.4. The minimum atomic E-state index is 0.947. The van der Waals surface area contributed by atoms with Crippen LogP contribution in [-0.4, -0.2) is 9.97 Å². The van der Waals surface area contributed by atoms with Gasteiger partial charge in [0, 0.05) is 6.42 Å². The molecule has 0 atom stereocenters. The molecule has 2 nitrogen and oxygen atoms in total. The van der Waals surface area contributed by atoms with E-state index in [9.17, 15) is 0 Å². The molecule has 3 rings (SSSR count). The van der Waals surface area contributed by atoms with Crippen LogP contribution in [0.3, 0.4) is 0 Å². The molecular weight excluding hydrogens is 220 g/mol. The molecule has 0 spiro atoms. The summed E-state index contributed by atoms with van der Waals surface area (Å²) in [6, 6.07) is 6.47. The maximum Gasteiger partial charge on any atom is 0.106 e. The van der Waals surface area contributed by atoms with Crippen molar-refractivity contribution in [1.82, 2.24) is 9.97 Å². The van der Waals surface area contributed by atoms with Crippen LogP contribution in [0.25, 0.3) is 11.0 Å². The van der Waals surface area contributed by atoms with Gasteiger partial charge in [-0.25, -0.2) is 4.98 Å². The van der Waals surface area contributed by atoms with Crippen molar-refractivity contribution in [2.75, 3.05) is 0 Å². The first kappa shape index (κ1) is 11.1. The molecule has 1 aromatic carbocycles. The Morgan fingerprint density at radius 1 is 1.39 bits per heavy atom. The molecule has 0 fully saturated rings. The van der Waals surface area contributed by atoms with E-state index in [1.54, 1.807) is 0 Å². The van der Waals surface area contributed by atoms with Crippen LogP contribution < -0.4 is 0 Å². The quantitative estimate of drug-likeness (QED) is 0.809. The second-order valence-electron chi connectivity index (χ2n) is 4.60. The number of hydrogen-bond acceptors (Lipinski definition) is 1.